The van der Waals surface area contributed by atoms with Gasteiger partial charge in [-0.15, -0.1) is 0 Å². The van der Waals surface area contributed by atoms with Crippen molar-refractivity contribution in [3.63, 3.8) is 0 Å². The average molecular weight is 430 g/mol. The van der Waals surface area contributed by atoms with Gasteiger partial charge in [0.2, 0.25) is 0 Å². The maximum atomic E-state index is 12.2. The number of benzene rings is 2. The Kier molecular flexibility index (Phi) is 6.84. The number of methoxy groups -OCH3 is 1. The van der Waals surface area contributed by atoms with Gasteiger partial charge in [-0.3, -0.25) is 9.59 Å². The van der Waals surface area contributed by atoms with E-state index in [-0.39, 0.29) is 18.4 Å². The summed E-state index contributed by atoms with van der Waals surface area (Å²) in [6.45, 7) is 1.76. The third kappa shape index (κ3) is 5.33. The fraction of sp³-hybridized carbons (Fsp3) is 0.200. The van der Waals surface area contributed by atoms with Crippen molar-refractivity contribution in [3.8, 4) is 11.5 Å². The van der Waals surface area contributed by atoms with Crippen molar-refractivity contribution in [3.05, 3.63) is 53.6 Å². The number of rotatable bonds is 7. The van der Waals surface area contributed by atoms with E-state index in [9.17, 15) is 9.59 Å². The van der Waals surface area contributed by atoms with Gasteiger partial charge in [0.15, 0.2) is 22.4 Å². The standard InChI is InChI=1S/C20H19N3O4S2/c1-13-5-3-4-6-15(13)22-18(24)11-27-16-8-7-14(9-17(16)26-2)10-21-23-19(25)12-29-20(23)28/h3-10H,11-12H2,1-2H3,(H,22,24)/b21-10-. The molecular formula is C20H19N3O4S2. The van der Waals surface area contributed by atoms with Gasteiger partial charge in [0.25, 0.3) is 11.8 Å². The number of amides is 2. The number of ether oxygens (including phenoxy) is 2. The van der Waals surface area contributed by atoms with Crippen LogP contribution in [0.25, 0.3) is 0 Å². The van der Waals surface area contributed by atoms with E-state index in [1.165, 1.54) is 30.1 Å². The maximum Gasteiger partial charge on any atom is 0.262 e. The van der Waals surface area contributed by atoms with E-state index >= 15 is 0 Å². The van der Waals surface area contributed by atoms with Crippen molar-refractivity contribution in [2.75, 3.05) is 24.8 Å². The fourth-order valence-corrected chi connectivity index (χ4v) is 3.48. The highest BCUT2D eigenvalue weighted by atomic mass is 32.2. The molecule has 3 rings (SSSR count). The number of anilines is 1. The number of para-hydroxylation sites is 1. The van der Waals surface area contributed by atoms with Gasteiger partial charge in [-0.05, 0) is 42.3 Å². The Morgan fingerprint density at radius 3 is 2.79 bits per heavy atom. The van der Waals surface area contributed by atoms with Crippen LogP contribution in [-0.2, 0) is 9.59 Å². The summed E-state index contributed by atoms with van der Waals surface area (Å²) < 4.78 is 11.4. The normalized spacial score (nSPS) is 13.8. The van der Waals surface area contributed by atoms with Crippen LogP contribution in [0.3, 0.4) is 0 Å². The molecule has 1 aliphatic rings. The Balaban J connectivity index is 1.63. The van der Waals surface area contributed by atoms with Crippen LogP contribution >= 0.6 is 24.0 Å². The quantitative estimate of drug-likeness (QED) is 0.538. The number of carbonyl (C=O) groups excluding carboxylic acids is 2. The topological polar surface area (TPSA) is 80.2 Å². The number of thioether (sulfide) groups is 1. The predicted molar refractivity (Wildman–Crippen MR) is 118 cm³/mol. The first kappa shape index (κ1) is 20.8. The molecule has 0 bridgehead atoms. The molecule has 29 heavy (non-hydrogen) atoms. The lowest BCUT2D eigenvalue weighted by Crippen LogP contribution is -2.22. The van der Waals surface area contributed by atoms with Crippen molar-refractivity contribution >= 4 is 52.0 Å². The van der Waals surface area contributed by atoms with E-state index in [1.54, 1.807) is 18.2 Å². The Morgan fingerprint density at radius 2 is 2.10 bits per heavy atom. The van der Waals surface area contributed by atoms with Crippen LogP contribution in [0, 0.1) is 6.92 Å². The number of thiocarbonyl (C=S) groups is 1. The van der Waals surface area contributed by atoms with Crippen molar-refractivity contribution in [1.82, 2.24) is 5.01 Å². The molecule has 2 amide bonds. The largest absolute Gasteiger partial charge is 0.493 e. The molecule has 1 heterocycles. The Labute approximate surface area is 178 Å². The van der Waals surface area contributed by atoms with Crippen molar-refractivity contribution in [1.29, 1.82) is 0 Å². The molecule has 0 aliphatic carbocycles. The monoisotopic (exact) mass is 429 g/mol. The highest BCUT2D eigenvalue weighted by Gasteiger charge is 2.25. The molecule has 2 aromatic rings. The van der Waals surface area contributed by atoms with Gasteiger partial charge in [0.1, 0.15) is 0 Å². The summed E-state index contributed by atoms with van der Waals surface area (Å²) in [6.07, 6.45) is 1.52. The molecule has 0 radical (unpaired) electrons. The number of nitrogens with one attached hydrogen (secondary N) is 1. The molecule has 0 saturated carbocycles. The van der Waals surface area contributed by atoms with Crippen LogP contribution in [-0.4, -0.2) is 46.8 Å². The van der Waals surface area contributed by atoms with Crippen LogP contribution in [0.1, 0.15) is 11.1 Å². The second kappa shape index (κ2) is 9.53. The highest BCUT2D eigenvalue weighted by Crippen LogP contribution is 2.28. The zero-order chi connectivity index (χ0) is 20.8. The minimum atomic E-state index is -0.273. The van der Waals surface area contributed by atoms with Gasteiger partial charge < -0.3 is 14.8 Å². The second-order valence-electron chi connectivity index (χ2n) is 6.07. The lowest BCUT2D eigenvalue weighted by Gasteiger charge is -2.12. The Morgan fingerprint density at radius 1 is 1.31 bits per heavy atom. The first-order chi connectivity index (χ1) is 14.0. The lowest BCUT2D eigenvalue weighted by atomic mass is 10.2. The van der Waals surface area contributed by atoms with Crippen LogP contribution in [0.5, 0.6) is 11.5 Å². The molecule has 0 unspecified atom stereocenters. The van der Waals surface area contributed by atoms with E-state index in [1.807, 2.05) is 31.2 Å². The molecule has 7 nitrogen and oxygen atoms in total. The first-order valence-electron chi connectivity index (χ1n) is 8.68. The van der Waals surface area contributed by atoms with E-state index < -0.39 is 0 Å². The summed E-state index contributed by atoms with van der Waals surface area (Å²) in [5, 5.41) is 8.14. The SMILES string of the molecule is COc1cc(/C=N\N2C(=O)CSC2=S)ccc1OCC(=O)Nc1ccccc1C. The summed E-state index contributed by atoms with van der Waals surface area (Å²) >= 11 is 6.37. The highest BCUT2D eigenvalue weighted by molar-refractivity contribution is 8.23. The van der Waals surface area contributed by atoms with Crippen molar-refractivity contribution in [2.24, 2.45) is 5.10 Å². The molecule has 0 atom stereocenters. The number of hydrazone groups is 1. The van der Waals surface area contributed by atoms with Crippen LogP contribution in [0.4, 0.5) is 5.69 Å². The number of hydrogen-bond acceptors (Lipinski definition) is 7. The molecule has 1 saturated heterocycles. The number of aryl methyl sites for hydroxylation is 1. The zero-order valence-corrected chi connectivity index (χ0v) is 17.5. The fourth-order valence-electron chi connectivity index (χ4n) is 2.51. The van der Waals surface area contributed by atoms with Gasteiger partial charge in [0.05, 0.1) is 19.1 Å². The minimum absolute atomic E-state index is 0.150. The maximum absolute atomic E-state index is 12.2. The molecule has 1 N–H and O–H groups in total. The summed E-state index contributed by atoms with van der Waals surface area (Å²) in [6, 6.07) is 12.6. The van der Waals surface area contributed by atoms with Crippen molar-refractivity contribution in [2.45, 2.75) is 6.92 Å². The molecule has 1 aliphatic heterocycles. The molecule has 0 aromatic heterocycles. The zero-order valence-electron chi connectivity index (χ0n) is 15.9. The third-order valence-corrected chi connectivity index (χ3v) is 5.35. The first-order valence-corrected chi connectivity index (χ1v) is 10.1. The second-order valence-corrected chi connectivity index (χ2v) is 7.68. The predicted octanol–water partition coefficient (Wildman–Crippen LogP) is 3.22. The van der Waals surface area contributed by atoms with E-state index in [4.69, 9.17) is 21.7 Å². The van der Waals surface area contributed by atoms with E-state index in [2.05, 4.69) is 10.4 Å². The summed E-state index contributed by atoms with van der Waals surface area (Å²) in [5.41, 5.74) is 2.41. The van der Waals surface area contributed by atoms with Gasteiger partial charge in [-0.25, -0.2) is 0 Å². The molecule has 0 spiro atoms. The van der Waals surface area contributed by atoms with Crippen LogP contribution in [0.2, 0.25) is 0 Å². The average Bonchev–Trinajstić information content (AvgIpc) is 3.04. The van der Waals surface area contributed by atoms with E-state index in [0.29, 0.717) is 27.1 Å². The molecular weight excluding hydrogens is 410 g/mol. The molecule has 9 heteroatoms. The summed E-state index contributed by atoms with van der Waals surface area (Å²) in [7, 11) is 1.51. The van der Waals surface area contributed by atoms with Crippen molar-refractivity contribution < 1.29 is 19.1 Å². The number of carbonyl (C=O) groups is 2. The molecule has 2 aromatic carbocycles. The van der Waals surface area contributed by atoms with Crippen LogP contribution in [0.15, 0.2) is 47.6 Å². The summed E-state index contributed by atoms with van der Waals surface area (Å²) in [5.74, 6) is 0.750. The Bertz CT molecular complexity index is 962. The Hall–Kier alpha value is -2.91. The number of hydrogen-bond donors (Lipinski definition) is 1. The van der Waals surface area contributed by atoms with Gasteiger partial charge in [0, 0.05) is 5.69 Å². The van der Waals surface area contributed by atoms with Gasteiger partial charge in [-0.1, -0.05) is 42.2 Å². The third-order valence-electron chi connectivity index (χ3n) is 4.02. The van der Waals surface area contributed by atoms with Gasteiger partial charge in [-0.2, -0.15) is 10.1 Å². The number of nitrogens with zero attached hydrogens (tertiary/aromatic N) is 2. The minimum Gasteiger partial charge on any atom is -0.493 e. The molecule has 1 fully saturated rings. The van der Waals surface area contributed by atoms with Gasteiger partial charge >= 0.3 is 0 Å². The van der Waals surface area contributed by atoms with E-state index in [0.717, 1.165) is 11.3 Å². The molecule has 150 valence electrons. The summed E-state index contributed by atoms with van der Waals surface area (Å²) in [4.78, 5) is 23.9. The van der Waals surface area contributed by atoms with Crippen LogP contribution < -0.4 is 14.8 Å². The smallest absolute Gasteiger partial charge is 0.262 e. The lowest BCUT2D eigenvalue weighted by molar-refractivity contribution is -0.124.